The Kier molecular flexibility index (Phi) is 2.26. The molecule has 0 aliphatic heterocycles. The zero-order valence-electron chi connectivity index (χ0n) is 8.34. The van der Waals surface area contributed by atoms with Gasteiger partial charge in [0.1, 0.15) is 12.1 Å². The maximum Gasteiger partial charge on any atom is 0.147 e. The van der Waals surface area contributed by atoms with Crippen LogP contribution in [0.3, 0.4) is 0 Å². The highest BCUT2D eigenvalue weighted by Gasteiger charge is 2.04. The van der Waals surface area contributed by atoms with E-state index in [0.717, 1.165) is 21.6 Å². The van der Waals surface area contributed by atoms with E-state index in [1.54, 1.807) is 23.9 Å². The Labute approximate surface area is 95.6 Å². The van der Waals surface area contributed by atoms with Gasteiger partial charge >= 0.3 is 0 Å². The van der Waals surface area contributed by atoms with Crippen molar-refractivity contribution in [3.8, 4) is 0 Å². The normalized spacial score (nSPS) is 10.8. The van der Waals surface area contributed by atoms with E-state index in [1.165, 1.54) is 0 Å². The van der Waals surface area contributed by atoms with Crippen LogP contribution in [-0.2, 0) is 6.54 Å². The minimum Gasteiger partial charge on any atom is -0.365 e. The number of rotatable bonds is 3. The van der Waals surface area contributed by atoms with E-state index in [0.29, 0.717) is 6.54 Å². The van der Waals surface area contributed by atoms with Gasteiger partial charge in [0.25, 0.3) is 0 Å². The SMILES string of the molecule is c1nc(NCc2cn[nH]c2)c2sccc2n1. The second kappa shape index (κ2) is 3.90. The van der Waals surface area contributed by atoms with Crippen molar-refractivity contribution in [2.75, 3.05) is 5.32 Å². The molecule has 5 nitrogen and oxygen atoms in total. The summed E-state index contributed by atoms with van der Waals surface area (Å²) in [6.45, 7) is 0.709. The number of fused-ring (bicyclic) bond motifs is 1. The molecular weight excluding hydrogens is 222 g/mol. The van der Waals surface area contributed by atoms with Gasteiger partial charge in [0.2, 0.25) is 0 Å². The molecule has 0 aliphatic carbocycles. The molecule has 3 rings (SSSR count). The molecule has 2 N–H and O–H groups in total. The van der Waals surface area contributed by atoms with Crippen molar-refractivity contribution in [2.24, 2.45) is 0 Å². The van der Waals surface area contributed by atoms with Crippen molar-refractivity contribution >= 4 is 27.4 Å². The molecule has 0 atom stereocenters. The second-order valence-corrected chi connectivity index (χ2v) is 4.23. The summed E-state index contributed by atoms with van der Waals surface area (Å²) in [6.07, 6.45) is 5.23. The van der Waals surface area contributed by atoms with Crippen LogP contribution in [0.2, 0.25) is 0 Å². The Morgan fingerprint density at radius 2 is 2.38 bits per heavy atom. The third-order valence-corrected chi connectivity index (χ3v) is 3.17. The lowest BCUT2D eigenvalue weighted by atomic mass is 10.3. The maximum absolute atomic E-state index is 4.24. The molecule has 80 valence electrons. The average molecular weight is 231 g/mol. The molecule has 0 aromatic carbocycles. The fraction of sp³-hybridized carbons (Fsp3) is 0.100. The Morgan fingerprint density at radius 1 is 1.38 bits per heavy atom. The minimum atomic E-state index is 0.709. The largest absolute Gasteiger partial charge is 0.365 e. The molecule has 0 unspecified atom stereocenters. The molecule has 6 heteroatoms. The third kappa shape index (κ3) is 1.63. The van der Waals surface area contributed by atoms with E-state index in [2.05, 4.69) is 25.5 Å². The zero-order chi connectivity index (χ0) is 10.8. The number of hydrogen-bond donors (Lipinski definition) is 2. The molecule has 0 spiro atoms. The number of aromatic nitrogens is 4. The molecular formula is C10H9N5S. The summed E-state index contributed by atoms with van der Waals surface area (Å²) in [5.41, 5.74) is 2.08. The lowest BCUT2D eigenvalue weighted by molar-refractivity contribution is 1.09. The number of thiophene rings is 1. The summed E-state index contributed by atoms with van der Waals surface area (Å²) in [5, 5.41) is 12.0. The molecule has 0 saturated carbocycles. The van der Waals surface area contributed by atoms with Gasteiger partial charge in [-0.15, -0.1) is 11.3 Å². The topological polar surface area (TPSA) is 66.5 Å². The highest BCUT2D eigenvalue weighted by atomic mass is 32.1. The molecule has 0 fully saturated rings. The number of nitrogens with one attached hydrogen (secondary N) is 2. The minimum absolute atomic E-state index is 0.709. The molecule has 3 aromatic rings. The number of nitrogens with zero attached hydrogens (tertiary/aromatic N) is 3. The van der Waals surface area contributed by atoms with Gasteiger partial charge in [-0.25, -0.2) is 9.97 Å². The van der Waals surface area contributed by atoms with Crippen LogP contribution in [0, 0.1) is 0 Å². The van der Waals surface area contributed by atoms with Crippen LogP contribution in [0.4, 0.5) is 5.82 Å². The van der Waals surface area contributed by atoms with Gasteiger partial charge in [0.05, 0.1) is 16.4 Å². The molecule has 0 aliphatic rings. The zero-order valence-corrected chi connectivity index (χ0v) is 9.16. The van der Waals surface area contributed by atoms with Gasteiger partial charge in [-0.05, 0) is 11.4 Å². The predicted molar refractivity (Wildman–Crippen MR) is 63.3 cm³/mol. The monoisotopic (exact) mass is 231 g/mol. The first-order valence-corrected chi connectivity index (χ1v) is 5.71. The van der Waals surface area contributed by atoms with Gasteiger partial charge < -0.3 is 5.32 Å². The van der Waals surface area contributed by atoms with Crippen LogP contribution in [0.25, 0.3) is 10.2 Å². The summed E-state index contributed by atoms with van der Waals surface area (Å²) < 4.78 is 1.09. The second-order valence-electron chi connectivity index (χ2n) is 3.32. The fourth-order valence-corrected chi connectivity index (χ4v) is 2.29. The number of anilines is 1. The lowest BCUT2D eigenvalue weighted by Gasteiger charge is -2.03. The molecule has 16 heavy (non-hydrogen) atoms. The summed E-state index contributed by atoms with van der Waals surface area (Å²) in [5.74, 6) is 0.876. The number of hydrogen-bond acceptors (Lipinski definition) is 5. The number of H-pyrrole nitrogens is 1. The van der Waals surface area contributed by atoms with Crippen LogP contribution in [-0.4, -0.2) is 20.2 Å². The quantitative estimate of drug-likeness (QED) is 0.723. The fourth-order valence-electron chi connectivity index (χ4n) is 1.47. The summed E-state index contributed by atoms with van der Waals surface area (Å²) in [7, 11) is 0. The van der Waals surface area contributed by atoms with Gasteiger partial charge in [-0.1, -0.05) is 0 Å². The van der Waals surface area contributed by atoms with Gasteiger partial charge in [-0.3, -0.25) is 5.10 Å². The van der Waals surface area contributed by atoms with Gasteiger partial charge in [0.15, 0.2) is 0 Å². The Balaban J connectivity index is 1.86. The van der Waals surface area contributed by atoms with E-state index in [-0.39, 0.29) is 0 Å². The third-order valence-electron chi connectivity index (χ3n) is 2.26. The van der Waals surface area contributed by atoms with Gasteiger partial charge in [0, 0.05) is 18.3 Å². The summed E-state index contributed by atoms with van der Waals surface area (Å²) in [6, 6.07) is 1.99. The molecule has 0 amide bonds. The highest BCUT2D eigenvalue weighted by molar-refractivity contribution is 7.17. The highest BCUT2D eigenvalue weighted by Crippen LogP contribution is 2.24. The van der Waals surface area contributed by atoms with Crippen molar-refractivity contribution in [1.82, 2.24) is 20.2 Å². The number of aromatic amines is 1. The first kappa shape index (κ1) is 9.29. The van der Waals surface area contributed by atoms with Crippen LogP contribution in [0.15, 0.2) is 30.2 Å². The van der Waals surface area contributed by atoms with Crippen LogP contribution in [0.5, 0.6) is 0 Å². The van der Waals surface area contributed by atoms with Gasteiger partial charge in [-0.2, -0.15) is 5.10 Å². The Hall–Kier alpha value is -1.95. The van der Waals surface area contributed by atoms with Crippen LogP contribution >= 0.6 is 11.3 Å². The van der Waals surface area contributed by atoms with E-state index in [4.69, 9.17) is 0 Å². The van der Waals surface area contributed by atoms with Crippen LogP contribution < -0.4 is 5.32 Å². The standard InChI is InChI=1S/C10H9N5S/c1-2-16-9-8(1)12-6-13-10(9)11-3-7-4-14-15-5-7/h1-2,4-6H,3H2,(H,14,15)(H,11,12,13). The smallest absolute Gasteiger partial charge is 0.147 e. The van der Waals surface area contributed by atoms with E-state index in [1.807, 2.05) is 17.6 Å². The Morgan fingerprint density at radius 3 is 3.25 bits per heavy atom. The lowest BCUT2D eigenvalue weighted by Crippen LogP contribution is -2.00. The Bertz CT molecular complexity index is 586. The molecule has 3 heterocycles. The summed E-state index contributed by atoms with van der Waals surface area (Å²) in [4.78, 5) is 8.42. The van der Waals surface area contributed by atoms with E-state index in [9.17, 15) is 0 Å². The maximum atomic E-state index is 4.24. The van der Waals surface area contributed by atoms with Crippen molar-refractivity contribution in [3.63, 3.8) is 0 Å². The molecule has 3 aromatic heterocycles. The van der Waals surface area contributed by atoms with Crippen molar-refractivity contribution < 1.29 is 0 Å². The molecule has 0 saturated heterocycles. The van der Waals surface area contributed by atoms with Crippen molar-refractivity contribution in [3.05, 3.63) is 35.7 Å². The van der Waals surface area contributed by atoms with E-state index >= 15 is 0 Å². The first-order valence-electron chi connectivity index (χ1n) is 4.83. The predicted octanol–water partition coefficient (Wildman–Crippen LogP) is 2.03. The first-order chi connectivity index (χ1) is 7.93. The van der Waals surface area contributed by atoms with Crippen LogP contribution in [0.1, 0.15) is 5.56 Å². The molecule has 0 radical (unpaired) electrons. The summed E-state index contributed by atoms with van der Waals surface area (Å²) >= 11 is 1.64. The molecule has 0 bridgehead atoms. The van der Waals surface area contributed by atoms with Crippen molar-refractivity contribution in [2.45, 2.75) is 6.54 Å². The van der Waals surface area contributed by atoms with E-state index < -0.39 is 0 Å². The van der Waals surface area contributed by atoms with Crippen molar-refractivity contribution in [1.29, 1.82) is 0 Å². The average Bonchev–Trinajstić information content (AvgIpc) is 2.97.